The SMILES string of the molecule is CN1CCC2CCC(OP(=O)(OCc3ccccc3)OCc3ccccc3)=CC21.COc1ccccc1OC. The molecule has 0 amide bonds. The number of likely N-dealkylation sites (N-methyl/N-ethyl adjacent to an activating group) is 1. The maximum Gasteiger partial charge on any atom is 0.530 e. The van der Waals surface area contributed by atoms with Crippen molar-refractivity contribution < 1.29 is 27.6 Å². The maximum atomic E-state index is 13.5. The fraction of sp³-hybridized carbons (Fsp3) is 0.355. The molecule has 208 valence electrons. The summed E-state index contributed by atoms with van der Waals surface area (Å²) < 4.78 is 40.9. The van der Waals surface area contributed by atoms with Crippen LogP contribution in [0.15, 0.2) is 96.8 Å². The van der Waals surface area contributed by atoms with Gasteiger partial charge in [0.2, 0.25) is 0 Å². The molecule has 0 aromatic heterocycles. The van der Waals surface area contributed by atoms with Crippen LogP contribution in [0.4, 0.5) is 0 Å². The van der Waals surface area contributed by atoms with Crippen LogP contribution in [-0.4, -0.2) is 38.8 Å². The number of rotatable bonds is 10. The molecule has 0 saturated carbocycles. The average Bonchev–Trinajstić information content (AvgIpc) is 3.36. The Balaban J connectivity index is 0.000000298. The first-order valence-corrected chi connectivity index (χ1v) is 14.7. The van der Waals surface area contributed by atoms with Crippen molar-refractivity contribution in [3.05, 3.63) is 108 Å². The third-order valence-electron chi connectivity index (χ3n) is 6.95. The molecule has 1 aliphatic heterocycles. The van der Waals surface area contributed by atoms with Crippen LogP contribution in [0.5, 0.6) is 11.5 Å². The van der Waals surface area contributed by atoms with Crippen molar-refractivity contribution in [2.75, 3.05) is 27.8 Å². The lowest BCUT2D eigenvalue weighted by Crippen LogP contribution is -2.30. The first-order chi connectivity index (χ1) is 19.0. The summed E-state index contributed by atoms with van der Waals surface area (Å²) >= 11 is 0. The van der Waals surface area contributed by atoms with Crippen LogP contribution in [0.3, 0.4) is 0 Å². The van der Waals surface area contributed by atoms with Crippen LogP contribution >= 0.6 is 7.82 Å². The number of phosphoric acid groups is 1. The zero-order valence-electron chi connectivity index (χ0n) is 22.9. The molecule has 5 rings (SSSR count). The van der Waals surface area contributed by atoms with E-state index < -0.39 is 7.82 Å². The van der Waals surface area contributed by atoms with E-state index in [1.54, 1.807) is 14.2 Å². The minimum absolute atomic E-state index is 0.173. The lowest BCUT2D eigenvalue weighted by Gasteiger charge is -2.29. The maximum absolute atomic E-state index is 13.5. The first-order valence-electron chi connectivity index (χ1n) is 13.2. The highest BCUT2D eigenvalue weighted by Crippen LogP contribution is 2.54. The summed E-state index contributed by atoms with van der Waals surface area (Å²) in [6, 6.07) is 27.2. The van der Waals surface area contributed by atoms with Gasteiger partial charge in [-0.1, -0.05) is 72.8 Å². The second-order valence-electron chi connectivity index (χ2n) is 9.60. The van der Waals surface area contributed by atoms with Gasteiger partial charge in [0.15, 0.2) is 11.5 Å². The quantitative estimate of drug-likeness (QED) is 0.246. The van der Waals surface area contributed by atoms with Crippen molar-refractivity contribution in [1.82, 2.24) is 4.90 Å². The number of nitrogens with zero attached hydrogens (tertiary/aromatic N) is 1. The van der Waals surface area contributed by atoms with Crippen molar-refractivity contribution in [2.45, 2.75) is 38.5 Å². The number of allylic oxidation sites excluding steroid dienone is 1. The van der Waals surface area contributed by atoms with Crippen LogP contribution in [0.25, 0.3) is 0 Å². The lowest BCUT2D eigenvalue weighted by molar-refractivity contribution is 0.118. The molecule has 0 N–H and O–H groups in total. The van der Waals surface area contributed by atoms with E-state index in [0.717, 1.165) is 42.0 Å². The van der Waals surface area contributed by atoms with Crippen molar-refractivity contribution >= 4 is 7.82 Å². The minimum atomic E-state index is -3.76. The van der Waals surface area contributed by atoms with E-state index in [0.29, 0.717) is 17.7 Å². The molecule has 3 aromatic rings. The number of fused-ring (bicyclic) bond motifs is 1. The molecule has 2 unspecified atom stereocenters. The van der Waals surface area contributed by atoms with E-state index in [4.69, 9.17) is 23.0 Å². The molecule has 3 aromatic carbocycles. The molecule has 0 spiro atoms. The van der Waals surface area contributed by atoms with Gasteiger partial charge in [0.25, 0.3) is 0 Å². The molecule has 7 nitrogen and oxygen atoms in total. The topological polar surface area (TPSA) is 66.5 Å². The number of para-hydroxylation sites is 2. The first kappa shape index (κ1) is 28.9. The standard InChI is InChI=1S/C23H28NO4P.C8H10O2/c1-24-15-14-21-12-13-22(16-23(21)24)28-29(25,26-17-19-8-4-2-5-9-19)27-18-20-10-6-3-7-11-20;1-9-7-5-3-4-6-8(7)10-2/h2-11,16,21,23H,12-15,17-18H2,1H3;3-6H,1-2H3. The minimum Gasteiger partial charge on any atom is -0.493 e. The lowest BCUT2D eigenvalue weighted by atomic mass is 9.89. The van der Waals surface area contributed by atoms with Gasteiger partial charge in [-0.3, -0.25) is 13.9 Å². The summed E-state index contributed by atoms with van der Waals surface area (Å²) in [6.45, 7) is 1.43. The molecule has 39 heavy (non-hydrogen) atoms. The smallest absolute Gasteiger partial charge is 0.493 e. The number of phosphoric ester groups is 1. The third kappa shape index (κ3) is 8.45. The van der Waals surface area contributed by atoms with E-state index >= 15 is 0 Å². The average molecular weight is 552 g/mol. The van der Waals surface area contributed by atoms with Crippen molar-refractivity contribution in [2.24, 2.45) is 5.92 Å². The summed E-state index contributed by atoms with van der Waals surface area (Å²) in [5, 5.41) is 0. The van der Waals surface area contributed by atoms with E-state index in [1.807, 2.05) is 84.9 Å². The predicted octanol–water partition coefficient (Wildman–Crippen LogP) is 7.25. The van der Waals surface area contributed by atoms with Gasteiger partial charge in [0, 0.05) is 12.5 Å². The van der Waals surface area contributed by atoms with Crippen molar-refractivity contribution in [3.8, 4) is 11.5 Å². The summed E-state index contributed by atoms with van der Waals surface area (Å²) in [7, 11) is 1.61. The van der Waals surface area contributed by atoms with Crippen molar-refractivity contribution in [1.29, 1.82) is 0 Å². The summed E-state index contributed by atoms with van der Waals surface area (Å²) in [4.78, 5) is 2.33. The number of methoxy groups -OCH3 is 2. The highest BCUT2D eigenvalue weighted by molar-refractivity contribution is 7.48. The number of ether oxygens (including phenoxy) is 2. The summed E-state index contributed by atoms with van der Waals surface area (Å²) in [5.41, 5.74) is 1.85. The number of hydrogen-bond acceptors (Lipinski definition) is 7. The number of likely N-dealkylation sites (tertiary alicyclic amines) is 1. The van der Waals surface area contributed by atoms with E-state index in [-0.39, 0.29) is 13.2 Å². The van der Waals surface area contributed by atoms with Gasteiger partial charge < -0.3 is 14.0 Å². The van der Waals surface area contributed by atoms with Gasteiger partial charge in [-0.15, -0.1) is 0 Å². The normalized spacial score (nSPS) is 18.8. The fourth-order valence-corrected chi connectivity index (χ4v) is 6.02. The fourth-order valence-electron chi connectivity index (χ4n) is 4.78. The van der Waals surface area contributed by atoms with Crippen LogP contribution < -0.4 is 9.47 Å². The molecule has 1 heterocycles. The zero-order valence-corrected chi connectivity index (χ0v) is 23.8. The Morgan fingerprint density at radius 3 is 1.79 bits per heavy atom. The molecule has 1 aliphatic carbocycles. The van der Waals surface area contributed by atoms with Gasteiger partial charge in [-0.2, -0.15) is 0 Å². The molecule has 0 bridgehead atoms. The molecule has 1 saturated heterocycles. The molecule has 8 heteroatoms. The largest absolute Gasteiger partial charge is 0.530 e. The van der Waals surface area contributed by atoms with Crippen LogP contribution in [0.1, 0.15) is 30.4 Å². The Morgan fingerprint density at radius 2 is 1.28 bits per heavy atom. The van der Waals surface area contributed by atoms with E-state index in [2.05, 4.69) is 18.0 Å². The Bertz CT molecular complexity index is 1170. The van der Waals surface area contributed by atoms with Gasteiger partial charge >= 0.3 is 7.82 Å². The van der Waals surface area contributed by atoms with Crippen LogP contribution in [0, 0.1) is 5.92 Å². The molecule has 2 aliphatic rings. The highest BCUT2D eigenvalue weighted by Gasteiger charge is 2.37. The van der Waals surface area contributed by atoms with Crippen LogP contribution in [0.2, 0.25) is 0 Å². The van der Waals surface area contributed by atoms with Gasteiger partial charge in [0.05, 0.1) is 27.4 Å². The van der Waals surface area contributed by atoms with Gasteiger partial charge in [-0.25, -0.2) is 4.57 Å². The van der Waals surface area contributed by atoms with E-state index in [9.17, 15) is 4.57 Å². The summed E-state index contributed by atoms with van der Waals surface area (Å²) in [5.74, 6) is 2.90. The van der Waals surface area contributed by atoms with Gasteiger partial charge in [-0.05, 0) is 61.7 Å². The molecule has 1 fully saturated rings. The predicted molar refractivity (Wildman–Crippen MR) is 153 cm³/mol. The second-order valence-corrected chi connectivity index (χ2v) is 11.2. The molecular formula is C31H38NO6P. The Labute approximate surface area is 231 Å². The molecular weight excluding hydrogens is 513 g/mol. The number of benzene rings is 3. The Kier molecular flexibility index (Phi) is 10.6. The number of hydrogen-bond donors (Lipinski definition) is 0. The molecule has 2 atom stereocenters. The van der Waals surface area contributed by atoms with Crippen molar-refractivity contribution in [3.63, 3.8) is 0 Å². The highest BCUT2D eigenvalue weighted by atomic mass is 31.2. The Morgan fingerprint density at radius 1 is 0.769 bits per heavy atom. The monoisotopic (exact) mass is 551 g/mol. The molecule has 0 radical (unpaired) electrons. The third-order valence-corrected chi connectivity index (χ3v) is 8.29. The second kappa shape index (κ2) is 14.3. The van der Waals surface area contributed by atoms with Gasteiger partial charge in [0.1, 0.15) is 5.76 Å². The van der Waals surface area contributed by atoms with E-state index in [1.165, 1.54) is 6.42 Å². The van der Waals surface area contributed by atoms with Crippen LogP contribution in [-0.2, 0) is 31.4 Å². The zero-order chi connectivity index (χ0) is 27.5. The Hall–Kier alpha value is -3.09. The summed E-state index contributed by atoms with van der Waals surface area (Å²) in [6.07, 6.45) is 5.11.